The highest BCUT2D eigenvalue weighted by atomic mass is 35.5. The Kier molecular flexibility index (Phi) is 5.00. The van der Waals surface area contributed by atoms with Gasteiger partial charge in [0.1, 0.15) is 16.3 Å². The number of rotatable bonds is 5. The zero-order chi connectivity index (χ0) is 20.4. The van der Waals surface area contributed by atoms with Crippen molar-refractivity contribution < 1.29 is 13.5 Å². The highest BCUT2D eigenvalue weighted by molar-refractivity contribution is 7.92. The van der Waals surface area contributed by atoms with Crippen LogP contribution in [-0.2, 0) is 10.0 Å². The van der Waals surface area contributed by atoms with Crippen LogP contribution in [0, 0.1) is 0 Å². The third-order valence-electron chi connectivity index (χ3n) is 4.24. The maximum absolute atomic E-state index is 13.2. The van der Waals surface area contributed by atoms with Crippen molar-refractivity contribution in [2.45, 2.75) is 4.90 Å². The summed E-state index contributed by atoms with van der Waals surface area (Å²) in [6.07, 6.45) is 1.45. The van der Waals surface area contributed by atoms with Gasteiger partial charge in [-0.25, -0.2) is 13.1 Å². The lowest BCUT2D eigenvalue weighted by Gasteiger charge is -2.10. The summed E-state index contributed by atoms with van der Waals surface area (Å²) in [4.78, 5) is -0.0214. The van der Waals surface area contributed by atoms with E-state index in [1.807, 2.05) is 48.5 Å². The van der Waals surface area contributed by atoms with Crippen molar-refractivity contribution in [3.63, 3.8) is 0 Å². The minimum atomic E-state index is -4.07. The van der Waals surface area contributed by atoms with Crippen LogP contribution in [0.5, 0.6) is 5.75 Å². The van der Waals surface area contributed by atoms with Crippen LogP contribution in [0.1, 0.15) is 0 Å². The molecular weight excluding hydrogens is 410 g/mol. The Bertz CT molecular complexity index is 1260. The Hall–Kier alpha value is -3.29. The third kappa shape index (κ3) is 3.96. The van der Waals surface area contributed by atoms with E-state index in [-0.39, 0.29) is 16.3 Å². The summed E-state index contributed by atoms with van der Waals surface area (Å²) in [6.45, 7) is 0. The molecule has 0 fully saturated rings. The molecule has 1 aromatic heterocycles. The normalized spacial score (nSPS) is 11.3. The van der Waals surface area contributed by atoms with Crippen molar-refractivity contribution in [3.05, 3.63) is 90.1 Å². The summed E-state index contributed by atoms with van der Waals surface area (Å²) in [6, 6.07) is 22.4. The fourth-order valence-corrected chi connectivity index (χ4v) is 4.24. The van der Waals surface area contributed by atoms with Crippen molar-refractivity contribution in [1.82, 2.24) is 9.78 Å². The van der Waals surface area contributed by atoms with E-state index in [1.165, 1.54) is 29.1 Å². The Morgan fingerprint density at radius 1 is 0.931 bits per heavy atom. The first-order valence-electron chi connectivity index (χ1n) is 8.66. The topological polar surface area (TPSA) is 84.2 Å². The van der Waals surface area contributed by atoms with Crippen molar-refractivity contribution in [1.29, 1.82) is 0 Å². The van der Waals surface area contributed by atoms with Crippen molar-refractivity contribution >= 4 is 27.3 Å². The van der Waals surface area contributed by atoms with E-state index >= 15 is 0 Å². The lowest BCUT2D eigenvalue weighted by atomic mass is 10.2. The van der Waals surface area contributed by atoms with Gasteiger partial charge in [0.2, 0.25) is 0 Å². The second-order valence-corrected chi connectivity index (χ2v) is 8.34. The first-order chi connectivity index (χ1) is 13.9. The summed E-state index contributed by atoms with van der Waals surface area (Å²) in [5.74, 6) is -0.227. The first-order valence-corrected chi connectivity index (χ1v) is 10.5. The van der Waals surface area contributed by atoms with Gasteiger partial charge in [-0.2, -0.15) is 5.10 Å². The predicted octanol–water partition coefficient (Wildman–Crippen LogP) is 4.70. The van der Waals surface area contributed by atoms with Crippen molar-refractivity contribution in [3.8, 4) is 22.7 Å². The molecule has 0 spiro atoms. The molecule has 4 rings (SSSR count). The van der Waals surface area contributed by atoms with Crippen LogP contribution < -0.4 is 4.72 Å². The van der Waals surface area contributed by atoms with Crippen LogP contribution in [0.15, 0.2) is 90.0 Å². The van der Waals surface area contributed by atoms with E-state index in [0.29, 0.717) is 16.3 Å². The quantitative estimate of drug-likeness (QED) is 0.454. The zero-order valence-electron chi connectivity index (χ0n) is 15.0. The molecule has 0 bridgehead atoms. The van der Waals surface area contributed by atoms with E-state index < -0.39 is 10.0 Å². The van der Waals surface area contributed by atoms with E-state index in [0.717, 1.165) is 5.69 Å². The summed E-state index contributed by atoms with van der Waals surface area (Å²) >= 11 is 5.94. The fraction of sp³-hybridized carbons (Fsp3) is 0. The Morgan fingerprint density at radius 2 is 1.59 bits per heavy atom. The van der Waals surface area contributed by atoms with Gasteiger partial charge >= 0.3 is 0 Å². The number of nitrogens with one attached hydrogen (secondary N) is 1. The molecule has 146 valence electrons. The van der Waals surface area contributed by atoms with Gasteiger partial charge in [0.15, 0.2) is 0 Å². The largest absolute Gasteiger partial charge is 0.506 e. The van der Waals surface area contributed by atoms with Crippen LogP contribution >= 0.6 is 11.6 Å². The molecule has 0 amide bonds. The Balaban J connectivity index is 1.85. The minimum absolute atomic E-state index is 0.0102. The number of nitrogens with zero attached hydrogens (tertiary/aromatic N) is 2. The molecule has 6 nitrogen and oxygen atoms in total. The van der Waals surface area contributed by atoms with Crippen LogP contribution in [-0.4, -0.2) is 23.3 Å². The van der Waals surface area contributed by atoms with Gasteiger partial charge in [-0.15, -0.1) is 0 Å². The zero-order valence-corrected chi connectivity index (χ0v) is 16.6. The lowest BCUT2D eigenvalue weighted by Crippen LogP contribution is -2.13. The van der Waals surface area contributed by atoms with Crippen LogP contribution in [0.25, 0.3) is 16.9 Å². The van der Waals surface area contributed by atoms with Crippen molar-refractivity contribution in [2.24, 2.45) is 0 Å². The highest BCUT2D eigenvalue weighted by Crippen LogP contribution is 2.32. The second-order valence-electron chi connectivity index (χ2n) is 6.26. The van der Waals surface area contributed by atoms with Crippen LogP contribution in [0.3, 0.4) is 0 Å². The molecule has 0 radical (unpaired) electrons. The maximum atomic E-state index is 13.2. The number of hydrogen-bond donors (Lipinski definition) is 2. The minimum Gasteiger partial charge on any atom is -0.506 e. The van der Waals surface area contributed by atoms with E-state index in [4.69, 9.17) is 11.6 Å². The SMILES string of the molecule is O=S(=O)(Nc1cc(Cl)ccc1O)c1cn(-c2ccccc2)nc1-c1ccccc1. The number of anilines is 1. The fourth-order valence-electron chi connectivity index (χ4n) is 2.85. The highest BCUT2D eigenvalue weighted by Gasteiger charge is 2.25. The lowest BCUT2D eigenvalue weighted by molar-refractivity contribution is 0.477. The molecular formula is C21H16ClN3O3S. The molecule has 0 saturated carbocycles. The number of phenols is 1. The van der Waals surface area contributed by atoms with Gasteiger partial charge in [0, 0.05) is 10.6 Å². The molecule has 0 unspecified atom stereocenters. The second kappa shape index (κ2) is 7.62. The van der Waals surface area contributed by atoms with Gasteiger partial charge in [-0.3, -0.25) is 4.72 Å². The maximum Gasteiger partial charge on any atom is 0.265 e. The molecule has 0 aliphatic carbocycles. The smallest absolute Gasteiger partial charge is 0.265 e. The van der Waals surface area contributed by atoms with E-state index in [2.05, 4.69) is 9.82 Å². The standard InChI is InChI=1S/C21H16ClN3O3S/c22-16-11-12-19(26)18(13-16)24-29(27,28)20-14-25(17-9-5-2-6-10-17)23-21(20)15-7-3-1-4-8-15/h1-14,24,26H. The molecule has 2 N–H and O–H groups in total. The summed E-state index contributed by atoms with van der Waals surface area (Å²) in [7, 11) is -4.07. The average molecular weight is 426 g/mol. The van der Waals surface area contributed by atoms with Gasteiger partial charge in [0.25, 0.3) is 10.0 Å². The molecule has 0 aliphatic heterocycles. The van der Waals surface area contributed by atoms with Gasteiger partial charge in [-0.1, -0.05) is 60.1 Å². The number of benzene rings is 3. The van der Waals surface area contributed by atoms with E-state index in [1.54, 1.807) is 12.1 Å². The van der Waals surface area contributed by atoms with Gasteiger partial charge in [-0.05, 0) is 30.3 Å². The molecule has 0 aliphatic rings. The average Bonchev–Trinajstić information content (AvgIpc) is 3.19. The summed E-state index contributed by atoms with van der Waals surface area (Å²) in [5.41, 5.74) is 1.65. The number of halogens is 1. The summed E-state index contributed by atoms with van der Waals surface area (Å²) in [5, 5.41) is 14.8. The van der Waals surface area contributed by atoms with Crippen LogP contribution in [0.2, 0.25) is 5.02 Å². The molecule has 1 heterocycles. The molecule has 29 heavy (non-hydrogen) atoms. The Labute approximate surface area is 173 Å². The molecule has 4 aromatic rings. The van der Waals surface area contributed by atoms with Crippen molar-refractivity contribution in [2.75, 3.05) is 4.72 Å². The number of para-hydroxylation sites is 1. The number of sulfonamides is 1. The number of aromatic nitrogens is 2. The monoisotopic (exact) mass is 425 g/mol. The summed E-state index contributed by atoms with van der Waals surface area (Å²) < 4.78 is 30.3. The van der Waals surface area contributed by atoms with Gasteiger partial charge < -0.3 is 5.11 Å². The first kappa shape index (κ1) is 19.0. The van der Waals surface area contributed by atoms with Crippen LogP contribution in [0.4, 0.5) is 5.69 Å². The molecule has 8 heteroatoms. The molecule has 0 saturated heterocycles. The number of aromatic hydroxyl groups is 1. The Morgan fingerprint density at radius 3 is 2.28 bits per heavy atom. The predicted molar refractivity (Wildman–Crippen MR) is 113 cm³/mol. The number of phenolic OH excluding ortho intramolecular Hbond substituents is 1. The van der Waals surface area contributed by atoms with E-state index in [9.17, 15) is 13.5 Å². The number of hydrogen-bond acceptors (Lipinski definition) is 4. The van der Waals surface area contributed by atoms with Gasteiger partial charge in [0.05, 0.1) is 17.6 Å². The molecule has 0 atom stereocenters. The third-order valence-corrected chi connectivity index (χ3v) is 5.84. The molecule has 3 aromatic carbocycles.